The molecule has 0 aliphatic carbocycles. The third-order valence-electron chi connectivity index (χ3n) is 4.55. The summed E-state index contributed by atoms with van der Waals surface area (Å²) in [5.74, 6) is 0.651. The van der Waals surface area contributed by atoms with Crippen molar-refractivity contribution in [2.75, 3.05) is 7.11 Å². The van der Waals surface area contributed by atoms with E-state index in [2.05, 4.69) is 25.1 Å². The van der Waals surface area contributed by atoms with Crippen LogP contribution in [0.15, 0.2) is 69.9 Å². The Morgan fingerprint density at radius 2 is 1.72 bits per heavy atom. The van der Waals surface area contributed by atoms with Gasteiger partial charge in [-0.05, 0) is 47.4 Å². The summed E-state index contributed by atoms with van der Waals surface area (Å²) in [6, 6.07) is 19.5. The molecule has 0 N–H and O–H groups in total. The Morgan fingerprint density at radius 1 is 0.920 bits per heavy atom. The molecule has 4 rings (SSSR count). The minimum absolute atomic E-state index is 0.00777. The number of methoxy groups -OCH3 is 1. The minimum Gasteiger partial charge on any atom is -0.497 e. The normalized spacial score (nSPS) is 11.1. The molecule has 0 unspecified atom stereocenters. The van der Waals surface area contributed by atoms with Crippen LogP contribution >= 0.6 is 0 Å². The lowest BCUT2D eigenvalue weighted by atomic mass is 9.97. The predicted molar refractivity (Wildman–Crippen MR) is 101 cm³/mol. The summed E-state index contributed by atoms with van der Waals surface area (Å²) in [5.41, 5.74) is 4.35. The molecule has 0 atom stereocenters. The number of fused-ring (bicyclic) bond motifs is 2. The van der Waals surface area contributed by atoms with Crippen LogP contribution < -0.4 is 10.2 Å². The average molecular weight is 330 g/mol. The van der Waals surface area contributed by atoms with Gasteiger partial charge in [-0.15, -0.1) is 0 Å². The Morgan fingerprint density at radius 3 is 2.44 bits per heavy atom. The molecule has 3 aromatic carbocycles. The molecule has 25 heavy (non-hydrogen) atoms. The van der Waals surface area contributed by atoms with Gasteiger partial charge in [0.1, 0.15) is 16.9 Å². The van der Waals surface area contributed by atoms with E-state index in [-0.39, 0.29) is 5.43 Å². The van der Waals surface area contributed by atoms with Gasteiger partial charge in [-0.3, -0.25) is 4.79 Å². The summed E-state index contributed by atoms with van der Waals surface area (Å²) in [6.45, 7) is 2.05. The van der Waals surface area contributed by atoms with Gasteiger partial charge < -0.3 is 9.15 Å². The molecule has 124 valence electrons. The first-order valence-electron chi connectivity index (χ1n) is 8.34. The van der Waals surface area contributed by atoms with Crippen LogP contribution in [-0.2, 0) is 6.42 Å². The molecule has 0 aliphatic rings. The lowest BCUT2D eigenvalue weighted by Gasteiger charge is -2.10. The molecule has 1 aromatic heterocycles. The molecule has 0 bridgehead atoms. The van der Waals surface area contributed by atoms with E-state index in [1.807, 2.05) is 24.3 Å². The quantitative estimate of drug-likeness (QED) is 0.486. The van der Waals surface area contributed by atoms with Crippen molar-refractivity contribution in [1.82, 2.24) is 0 Å². The van der Waals surface area contributed by atoms with E-state index in [4.69, 9.17) is 9.15 Å². The van der Waals surface area contributed by atoms with Crippen LogP contribution in [0.3, 0.4) is 0 Å². The molecule has 1 heterocycles. The monoisotopic (exact) mass is 330 g/mol. The van der Waals surface area contributed by atoms with Gasteiger partial charge in [0.2, 0.25) is 5.43 Å². The summed E-state index contributed by atoms with van der Waals surface area (Å²) in [4.78, 5) is 13.1. The molecular formula is C22H18O3. The number of hydrogen-bond acceptors (Lipinski definition) is 3. The smallest absolute Gasteiger partial charge is 0.200 e. The van der Waals surface area contributed by atoms with E-state index >= 15 is 0 Å². The molecule has 0 amide bonds. The van der Waals surface area contributed by atoms with Gasteiger partial charge in [-0.1, -0.05) is 43.3 Å². The van der Waals surface area contributed by atoms with Crippen molar-refractivity contribution in [1.29, 1.82) is 0 Å². The molecule has 3 heteroatoms. The Labute approximate surface area is 145 Å². The summed E-state index contributed by atoms with van der Waals surface area (Å²) < 4.78 is 11.3. The van der Waals surface area contributed by atoms with E-state index in [1.54, 1.807) is 25.3 Å². The van der Waals surface area contributed by atoms with E-state index in [9.17, 15) is 4.79 Å². The van der Waals surface area contributed by atoms with E-state index in [0.717, 1.165) is 23.1 Å². The number of ether oxygens (including phenoxy) is 1. The standard InChI is InChI=1S/C22H18O3/c1-3-14-11-16(15-7-5-4-6-8-15)12-20-21(14)22(23)18-13-17(24-2)9-10-19(18)25-20/h4-13H,3H2,1-2H3. The fourth-order valence-electron chi connectivity index (χ4n) is 3.24. The molecule has 0 aliphatic heterocycles. The average Bonchev–Trinajstić information content (AvgIpc) is 2.67. The van der Waals surface area contributed by atoms with Crippen LogP contribution in [0.25, 0.3) is 33.1 Å². The number of rotatable bonds is 3. The van der Waals surface area contributed by atoms with E-state index < -0.39 is 0 Å². The van der Waals surface area contributed by atoms with Gasteiger partial charge in [0.05, 0.1) is 17.9 Å². The maximum atomic E-state index is 13.1. The zero-order valence-electron chi connectivity index (χ0n) is 14.2. The molecule has 0 spiro atoms. The Kier molecular flexibility index (Phi) is 3.77. The van der Waals surface area contributed by atoms with Crippen molar-refractivity contribution >= 4 is 21.9 Å². The summed E-state index contributed by atoms with van der Waals surface area (Å²) in [5, 5.41) is 1.21. The second-order valence-electron chi connectivity index (χ2n) is 6.02. The molecule has 0 saturated heterocycles. The second kappa shape index (κ2) is 6.10. The van der Waals surface area contributed by atoms with Crippen molar-refractivity contribution in [2.24, 2.45) is 0 Å². The minimum atomic E-state index is -0.00777. The number of hydrogen-bond donors (Lipinski definition) is 0. The zero-order chi connectivity index (χ0) is 17.4. The molecule has 0 radical (unpaired) electrons. The van der Waals surface area contributed by atoms with Crippen LogP contribution in [0.4, 0.5) is 0 Å². The number of aryl methyl sites for hydroxylation is 1. The van der Waals surface area contributed by atoms with Crippen molar-refractivity contribution in [3.05, 3.63) is 76.5 Å². The van der Waals surface area contributed by atoms with Gasteiger partial charge >= 0.3 is 0 Å². The fraction of sp³-hybridized carbons (Fsp3) is 0.136. The molecule has 3 nitrogen and oxygen atoms in total. The van der Waals surface area contributed by atoms with E-state index in [0.29, 0.717) is 27.7 Å². The molecule has 0 saturated carbocycles. The van der Waals surface area contributed by atoms with Crippen LogP contribution in [0.5, 0.6) is 5.75 Å². The zero-order valence-corrected chi connectivity index (χ0v) is 14.2. The van der Waals surface area contributed by atoms with Gasteiger partial charge in [-0.25, -0.2) is 0 Å². The maximum Gasteiger partial charge on any atom is 0.200 e. The molecule has 4 aromatic rings. The molecule has 0 fully saturated rings. The van der Waals surface area contributed by atoms with Crippen LogP contribution in [-0.4, -0.2) is 7.11 Å². The van der Waals surface area contributed by atoms with Gasteiger partial charge in [0, 0.05) is 0 Å². The van der Waals surface area contributed by atoms with Crippen molar-refractivity contribution < 1.29 is 9.15 Å². The Balaban J connectivity index is 2.08. The van der Waals surface area contributed by atoms with Gasteiger partial charge in [-0.2, -0.15) is 0 Å². The Hall–Kier alpha value is -3.07. The highest BCUT2D eigenvalue weighted by molar-refractivity contribution is 5.94. The first-order valence-corrected chi connectivity index (χ1v) is 8.34. The van der Waals surface area contributed by atoms with Crippen LogP contribution in [0.2, 0.25) is 0 Å². The lowest BCUT2D eigenvalue weighted by Crippen LogP contribution is -2.05. The first kappa shape index (κ1) is 15.5. The second-order valence-corrected chi connectivity index (χ2v) is 6.02. The third-order valence-corrected chi connectivity index (χ3v) is 4.55. The highest BCUT2D eigenvalue weighted by Crippen LogP contribution is 2.29. The third kappa shape index (κ3) is 2.58. The van der Waals surface area contributed by atoms with Gasteiger partial charge in [0.25, 0.3) is 0 Å². The topological polar surface area (TPSA) is 39.4 Å². The molecular weight excluding hydrogens is 312 g/mol. The largest absolute Gasteiger partial charge is 0.497 e. The first-order chi connectivity index (χ1) is 12.2. The number of benzene rings is 3. The van der Waals surface area contributed by atoms with Crippen molar-refractivity contribution in [3.63, 3.8) is 0 Å². The van der Waals surface area contributed by atoms with E-state index in [1.165, 1.54) is 0 Å². The fourth-order valence-corrected chi connectivity index (χ4v) is 3.24. The SMILES string of the molecule is CCc1cc(-c2ccccc2)cc2oc3ccc(OC)cc3c(=O)c12. The summed E-state index contributed by atoms with van der Waals surface area (Å²) in [6.07, 6.45) is 0.761. The lowest BCUT2D eigenvalue weighted by molar-refractivity contribution is 0.415. The Bertz CT molecular complexity index is 1120. The summed E-state index contributed by atoms with van der Waals surface area (Å²) >= 11 is 0. The van der Waals surface area contributed by atoms with Crippen molar-refractivity contribution in [2.45, 2.75) is 13.3 Å². The van der Waals surface area contributed by atoms with Crippen LogP contribution in [0.1, 0.15) is 12.5 Å². The van der Waals surface area contributed by atoms with Crippen molar-refractivity contribution in [3.8, 4) is 16.9 Å². The van der Waals surface area contributed by atoms with Crippen LogP contribution in [0, 0.1) is 0 Å². The highest BCUT2D eigenvalue weighted by Gasteiger charge is 2.14. The summed E-state index contributed by atoms with van der Waals surface area (Å²) in [7, 11) is 1.59. The highest BCUT2D eigenvalue weighted by atomic mass is 16.5. The van der Waals surface area contributed by atoms with Gasteiger partial charge in [0.15, 0.2) is 0 Å². The maximum absolute atomic E-state index is 13.1. The predicted octanol–water partition coefficient (Wildman–Crippen LogP) is 5.18.